The van der Waals surface area contributed by atoms with Crippen molar-refractivity contribution in [3.8, 4) is 5.75 Å². The number of amides is 1. The molecule has 0 aromatic heterocycles. The number of rotatable bonds is 7. The van der Waals surface area contributed by atoms with E-state index in [1.165, 1.54) is 0 Å². The van der Waals surface area contributed by atoms with E-state index in [2.05, 4.69) is 10.6 Å². The standard InChI is InChI=1S/C17H24N2O3.ClH/c1-22-15-7-5-13(6-8-15)16(20)3-2-4-17(21)19-14-9-11-18-12-10-14;/h5-8,14,18H,2-4,9-12H2,1H3,(H,19,21);1H. The van der Waals surface area contributed by atoms with Gasteiger partial charge < -0.3 is 15.4 Å². The molecule has 1 saturated heterocycles. The van der Waals surface area contributed by atoms with Crippen molar-refractivity contribution in [2.75, 3.05) is 20.2 Å². The van der Waals surface area contributed by atoms with E-state index in [4.69, 9.17) is 4.74 Å². The average Bonchev–Trinajstić information content (AvgIpc) is 2.55. The van der Waals surface area contributed by atoms with Crippen molar-refractivity contribution in [3.05, 3.63) is 29.8 Å². The van der Waals surface area contributed by atoms with E-state index < -0.39 is 0 Å². The molecule has 2 rings (SSSR count). The molecule has 1 aromatic rings. The smallest absolute Gasteiger partial charge is 0.220 e. The Kier molecular flexibility index (Phi) is 8.66. The summed E-state index contributed by atoms with van der Waals surface area (Å²) in [6, 6.07) is 7.35. The summed E-state index contributed by atoms with van der Waals surface area (Å²) in [6.07, 6.45) is 3.35. The number of Topliss-reactive ketones (excluding diaryl/α,β-unsaturated/α-hetero) is 1. The first kappa shape index (κ1) is 19.5. The molecule has 0 unspecified atom stereocenters. The highest BCUT2D eigenvalue weighted by molar-refractivity contribution is 5.96. The van der Waals surface area contributed by atoms with Crippen LogP contribution in [-0.4, -0.2) is 37.9 Å². The summed E-state index contributed by atoms with van der Waals surface area (Å²) in [5, 5.41) is 6.31. The molecule has 1 aliphatic heterocycles. The third-order valence-electron chi connectivity index (χ3n) is 3.92. The highest BCUT2D eigenvalue weighted by Gasteiger charge is 2.15. The summed E-state index contributed by atoms with van der Waals surface area (Å²) >= 11 is 0. The predicted octanol–water partition coefficient (Wildman–Crippen LogP) is 2.34. The van der Waals surface area contributed by atoms with Gasteiger partial charge in [-0.3, -0.25) is 9.59 Å². The van der Waals surface area contributed by atoms with Crippen molar-refractivity contribution < 1.29 is 14.3 Å². The summed E-state index contributed by atoms with van der Waals surface area (Å²) in [6.45, 7) is 1.92. The van der Waals surface area contributed by atoms with E-state index in [-0.39, 0.29) is 30.1 Å². The maximum Gasteiger partial charge on any atom is 0.220 e. The number of halogens is 1. The van der Waals surface area contributed by atoms with Gasteiger partial charge in [0.15, 0.2) is 5.78 Å². The van der Waals surface area contributed by atoms with Gasteiger partial charge in [-0.1, -0.05) is 0 Å². The quantitative estimate of drug-likeness (QED) is 0.748. The van der Waals surface area contributed by atoms with Crippen molar-refractivity contribution in [3.63, 3.8) is 0 Å². The van der Waals surface area contributed by atoms with Gasteiger partial charge in [0.2, 0.25) is 5.91 Å². The van der Waals surface area contributed by atoms with Crippen LogP contribution in [0, 0.1) is 0 Å². The zero-order chi connectivity index (χ0) is 15.8. The maximum atomic E-state index is 12.0. The van der Waals surface area contributed by atoms with Crippen molar-refractivity contribution in [2.24, 2.45) is 0 Å². The number of carbonyl (C=O) groups excluding carboxylic acids is 2. The minimum absolute atomic E-state index is 0. The Balaban J connectivity index is 0.00000264. The van der Waals surface area contributed by atoms with Crippen molar-refractivity contribution >= 4 is 24.1 Å². The Morgan fingerprint density at radius 1 is 1.17 bits per heavy atom. The van der Waals surface area contributed by atoms with Gasteiger partial charge in [-0.05, 0) is 56.6 Å². The van der Waals surface area contributed by atoms with Crippen LogP contribution in [0.4, 0.5) is 0 Å². The predicted molar refractivity (Wildman–Crippen MR) is 92.5 cm³/mol. The molecule has 0 atom stereocenters. The Morgan fingerprint density at radius 2 is 1.83 bits per heavy atom. The fourth-order valence-electron chi connectivity index (χ4n) is 2.60. The van der Waals surface area contributed by atoms with Crippen LogP contribution in [0.25, 0.3) is 0 Å². The molecule has 1 aromatic carbocycles. The molecular weight excluding hydrogens is 316 g/mol. The van der Waals surface area contributed by atoms with Crippen molar-refractivity contribution in [2.45, 2.75) is 38.1 Å². The van der Waals surface area contributed by atoms with E-state index in [9.17, 15) is 9.59 Å². The molecule has 0 aliphatic carbocycles. The second-order valence-electron chi connectivity index (χ2n) is 5.60. The number of piperidine rings is 1. The second-order valence-corrected chi connectivity index (χ2v) is 5.60. The zero-order valence-corrected chi connectivity index (χ0v) is 14.3. The molecule has 0 bridgehead atoms. The van der Waals surface area contributed by atoms with Crippen LogP contribution in [0.1, 0.15) is 42.5 Å². The molecule has 0 spiro atoms. The summed E-state index contributed by atoms with van der Waals surface area (Å²) in [4.78, 5) is 23.9. The Labute approximate surface area is 143 Å². The molecule has 2 N–H and O–H groups in total. The van der Waals surface area contributed by atoms with E-state index in [0.717, 1.165) is 31.7 Å². The lowest BCUT2D eigenvalue weighted by atomic mass is 10.0. The molecule has 6 heteroatoms. The summed E-state index contributed by atoms with van der Waals surface area (Å²) in [7, 11) is 1.60. The summed E-state index contributed by atoms with van der Waals surface area (Å²) in [5.41, 5.74) is 0.666. The number of benzene rings is 1. The normalized spacial score (nSPS) is 14.7. The number of methoxy groups -OCH3 is 1. The van der Waals surface area contributed by atoms with Gasteiger partial charge in [0.25, 0.3) is 0 Å². The van der Waals surface area contributed by atoms with Gasteiger partial charge >= 0.3 is 0 Å². The molecule has 0 saturated carbocycles. The van der Waals surface area contributed by atoms with Crippen LogP contribution >= 0.6 is 12.4 Å². The molecule has 1 fully saturated rings. The Morgan fingerprint density at radius 3 is 2.43 bits per heavy atom. The summed E-state index contributed by atoms with van der Waals surface area (Å²) in [5.74, 6) is 0.852. The highest BCUT2D eigenvalue weighted by atomic mass is 35.5. The Hall–Kier alpha value is -1.59. The molecule has 23 heavy (non-hydrogen) atoms. The first-order valence-corrected chi connectivity index (χ1v) is 7.86. The molecule has 1 amide bonds. The number of ketones is 1. The van der Waals surface area contributed by atoms with Crippen LogP contribution in [0.3, 0.4) is 0 Å². The number of hydrogen-bond acceptors (Lipinski definition) is 4. The van der Waals surface area contributed by atoms with E-state index in [1.807, 2.05) is 0 Å². The largest absolute Gasteiger partial charge is 0.497 e. The van der Waals surface area contributed by atoms with Crippen LogP contribution in [-0.2, 0) is 4.79 Å². The molecular formula is C17H25ClN2O3. The second kappa shape index (κ2) is 10.2. The first-order valence-electron chi connectivity index (χ1n) is 7.86. The van der Waals surface area contributed by atoms with Crippen LogP contribution in [0.15, 0.2) is 24.3 Å². The number of hydrogen-bond donors (Lipinski definition) is 2. The molecule has 0 radical (unpaired) electrons. The van der Waals surface area contributed by atoms with Crippen LogP contribution in [0.5, 0.6) is 5.75 Å². The summed E-state index contributed by atoms with van der Waals surface area (Å²) < 4.78 is 5.06. The minimum Gasteiger partial charge on any atom is -0.497 e. The van der Waals surface area contributed by atoms with Gasteiger partial charge in [0, 0.05) is 24.4 Å². The molecule has 128 valence electrons. The maximum absolute atomic E-state index is 12.0. The topological polar surface area (TPSA) is 67.4 Å². The number of ether oxygens (including phenoxy) is 1. The lowest BCUT2D eigenvalue weighted by Gasteiger charge is -2.23. The van der Waals surface area contributed by atoms with E-state index >= 15 is 0 Å². The monoisotopic (exact) mass is 340 g/mol. The fraction of sp³-hybridized carbons (Fsp3) is 0.529. The van der Waals surface area contributed by atoms with Gasteiger partial charge in [-0.2, -0.15) is 0 Å². The zero-order valence-electron chi connectivity index (χ0n) is 13.5. The first-order chi connectivity index (χ1) is 10.7. The SMILES string of the molecule is COc1ccc(C(=O)CCCC(=O)NC2CCNCC2)cc1.Cl. The van der Waals surface area contributed by atoms with Gasteiger partial charge in [0.1, 0.15) is 5.75 Å². The lowest BCUT2D eigenvalue weighted by molar-refractivity contribution is -0.122. The van der Waals surface area contributed by atoms with Gasteiger partial charge in [0.05, 0.1) is 7.11 Å². The van der Waals surface area contributed by atoms with Crippen LogP contribution < -0.4 is 15.4 Å². The molecule has 1 aliphatic rings. The minimum atomic E-state index is 0. The fourth-order valence-corrected chi connectivity index (χ4v) is 2.60. The van der Waals surface area contributed by atoms with Crippen molar-refractivity contribution in [1.82, 2.24) is 10.6 Å². The average molecular weight is 341 g/mol. The highest BCUT2D eigenvalue weighted by Crippen LogP contribution is 2.14. The third kappa shape index (κ3) is 6.59. The Bertz CT molecular complexity index is 499. The van der Waals surface area contributed by atoms with E-state index in [0.29, 0.717) is 24.8 Å². The molecule has 5 nitrogen and oxygen atoms in total. The van der Waals surface area contributed by atoms with Gasteiger partial charge in [-0.25, -0.2) is 0 Å². The van der Waals surface area contributed by atoms with Gasteiger partial charge in [-0.15, -0.1) is 12.4 Å². The number of nitrogens with one attached hydrogen (secondary N) is 2. The van der Waals surface area contributed by atoms with E-state index in [1.54, 1.807) is 31.4 Å². The number of carbonyl (C=O) groups is 2. The lowest BCUT2D eigenvalue weighted by Crippen LogP contribution is -2.42. The van der Waals surface area contributed by atoms with Crippen molar-refractivity contribution in [1.29, 1.82) is 0 Å². The molecule has 1 heterocycles. The van der Waals surface area contributed by atoms with Crippen LogP contribution in [0.2, 0.25) is 0 Å². The third-order valence-corrected chi connectivity index (χ3v) is 3.92.